The van der Waals surface area contributed by atoms with Crippen molar-refractivity contribution in [3.8, 4) is 0 Å². The van der Waals surface area contributed by atoms with Gasteiger partial charge in [0.05, 0.1) is 13.0 Å². The zero-order chi connectivity index (χ0) is 12.0. The van der Waals surface area contributed by atoms with Gasteiger partial charge in [0.15, 0.2) is 0 Å². The zero-order valence-corrected chi connectivity index (χ0v) is 8.77. The van der Waals surface area contributed by atoms with Crippen LogP contribution in [0.1, 0.15) is 11.1 Å². The number of carbonyl (C=O) groups is 2. The number of rotatable bonds is 5. The Morgan fingerprint density at radius 2 is 1.75 bits per heavy atom. The molecule has 1 aromatic rings. The molecule has 0 fully saturated rings. The zero-order valence-electron chi connectivity index (χ0n) is 8.77. The molecule has 0 bridgehead atoms. The van der Waals surface area contributed by atoms with Gasteiger partial charge in [0.1, 0.15) is 0 Å². The van der Waals surface area contributed by atoms with Gasteiger partial charge in [0.2, 0.25) is 5.91 Å². The molecule has 16 heavy (non-hydrogen) atoms. The van der Waals surface area contributed by atoms with Crippen LogP contribution in [0.5, 0.6) is 0 Å². The molecule has 0 spiro atoms. The molecule has 5 heteroatoms. The Hall–Kier alpha value is -1.88. The molecule has 0 aromatic heterocycles. The lowest BCUT2D eigenvalue weighted by Gasteiger charge is -2.04. The van der Waals surface area contributed by atoms with Crippen LogP contribution in [-0.4, -0.2) is 23.5 Å². The molecular formula is C11H14N2O3. The topological polar surface area (TPSA) is 92.4 Å². The molecule has 1 rings (SSSR count). The van der Waals surface area contributed by atoms with Crippen LogP contribution in [0.4, 0.5) is 0 Å². The predicted molar refractivity (Wildman–Crippen MR) is 58.7 cm³/mol. The second-order valence-electron chi connectivity index (χ2n) is 3.37. The molecule has 0 saturated heterocycles. The Morgan fingerprint density at radius 3 is 2.25 bits per heavy atom. The van der Waals surface area contributed by atoms with E-state index in [1.807, 2.05) is 0 Å². The summed E-state index contributed by atoms with van der Waals surface area (Å²) >= 11 is 0. The normalized spacial score (nSPS) is 9.81. The number of hydrogen-bond donors (Lipinski definition) is 3. The van der Waals surface area contributed by atoms with Gasteiger partial charge in [-0.15, -0.1) is 0 Å². The van der Waals surface area contributed by atoms with Crippen LogP contribution in [0.25, 0.3) is 0 Å². The molecule has 0 atom stereocenters. The van der Waals surface area contributed by atoms with E-state index in [-0.39, 0.29) is 18.9 Å². The smallest absolute Gasteiger partial charge is 0.307 e. The number of amides is 1. The number of benzene rings is 1. The van der Waals surface area contributed by atoms with Crippen molar-refractivity contribution in [3.05, 3.63) is 35.4 Å². The highest BCUT2D eigenvalue weighted by Crippen LogP contribution is 2.05. The van der Waals surface area contributed by atoms with Gasteiger partial charge >= 0.3 is 5.97 Å². The van der Waals surface area contributed by atoms with Gasteiger partial charge in [-0.25, -0.2) is 0 Å². The number of carboxylic acids is 1. The fourth-order valence-corrected chi connectivity index (χ4v) is 1.22. The maximum Gasteiger partial charge on any atom is 0.307 e. The van der Waals surface area contributed by atoms with E-state index in [1.54, 1.807) is 24.3 Å². The molecule has 4 N–H and O–H groups in total. The first-order valence-electron chi connectivity index (χ1n) is 4.88. The Morgan fingerprint density at radius 1 is 1.19 bits per heavy atom. The van der Waals surface area contributed by atoms with Crippen LogP contribution >= 0.6 is 0 Å². The van der Waals surface area contributed by atoms with E-state index >= 15 is 0 Å². The number of hydrogen-bond acceptors (Lipinski definition) is 3. The highest BCUT2D eigenvalue weighted by molar-refractivity contribution is 5.77. The molecule has 0 aliphatic carbocycles. The number of nitrogens with two attached hydrogens (primary N) is 1. The molecule has 1 amide bonds. The average molecular weight is 222 g/mol. The third kappa shape index (κ3) is 4.10. The largest absolute Gasteiger partial charge is 0.481 e. The van der Waals surface area contributed by atoms with Gasteiger partial charge < -0.3 is 16.2 Å². The third-order valence-electron chi connectivity index (χ3n) is 2.05. The number of aliphatic carboxylic acids is 1. The summed E-state index contributed by atoms with van der Waals surface area (Å²) in [5.41, 5.74) is 6.79. The first-order chi connectivity index (χ1) is 7.61. The highest BCUT2D eigenvalue weighted by Gasteiger charge is 2.01. The summed E-state index contributed by atoms with van der Waals surface area (Å²) in [5, 5.41) is 11.2. The summed E-state index contributed by atoms with van der Waals surface area (Å²) in [5.74, 6) is -1.07. The fourth-order valence-electron chi connectivity index (χ4n) is 1.22. The van der Waals surface area contributed by atoms with Crippen LogP contribution in [-0.2, 0) is 22.6 Å². The van der Waals surface area contributed by atoms with Gasteiger partial charge in [0, 0.05) is 6.54 Å². The van der Waals surface area contributed by atoms with Gasteiger partial charge in [-0.3, -0.25) is 9.59 Å². The van der Waals surface area contributed by atoms with Crippen LogP contribution in [0.2, 0.25) is 0 Å². The lowest BCUT2D eigenvalue weighted by molar-refractivity contribution is -0.136. The number of nitrogens with one attached hydrogen (secondary N) is 1. The SMILES string of the molecule is NCC(=O)NCc1ccc(CC(=O)O)cc1. The monoisotopic (exact) mass is 222 g/mol. The van der Waals surface area contributed by atoms with Gasteiger partial charge in [0.25, 0.3) is 0 Å². The van der Waals surface area contributed by atoms with E-state index in [2.05, 4.69) is 5.32 Å². The first kappa shape index (κ1) is 12.2. The fraction of sp³-hybridized carbons (Fsp3) is 0.273. The predicted octanol–water partition coefficient (Wildman–Crippen LogP) is -0.111. The Kier molecular flexibility index (Phi) is 4.47. The van der Waals surface area contributed by atoms with Gasteiger partial charge in [-0.1, -0.05) is 24.3 Å². The molecule has 0 radical (unpaired) electrons. The second-order valence-corrected chi connectivity index (χ2v) is 3.37. The Labute approximate surface area is 93.3 Å². The second kappa shape index (κ2) is 5.87. The average Bonchev–Trinajstić information content (AvgIpc) is 2.27. The van der Waals surface area contributed by atoms with E-state index < -0.39 is 5.97 Å². The van der Waals surface area contributed by atoms with Crippen LogP contribution < -0.4 is 11.1 Å². The van der Waals surface area contributed by atoms with Gasteiger partial charge in [-0.2, -0.15) is 0 Å². The maximum absolute atomic E-state index is 10.9. The quantitative estimate of drug-likeness (QED) is 0.648. The Balaban J connectivity index is 2.51. The van der Waals surface area contributed by atoms with E-state index in [9.17, 15) is 9.59 Å². The number of carbonyl (C=O) groups excluding carboxylic acids is 1. The lowest BCUT2D eigenvalue weighted by atomic mass is 10.1. The summed E-state index contributed by atoms with van der Waals surface area (Å²) < 4.78 is 0. The van der Waals surface area contributed by atoms with Gasteiger partial charge in [-0.05, 0) is 11.1 Å². The van der Waals surface area contributed by atoms with Crippen LogP contribution in [0.3, 0.4) is 0 Å². The standard InChI is InChI=1S/C11H14N2O3/c12-6-10(14)13-7-9-3-1-8(2-4-9)5-11(15)16/h1-4H,5-7,12H2,(H,13,14)(H,15,16). The van der Waals surface area contributed by atoms with E-state index in [1.165, 1.54) is 0 Å². The van der Waals surface area contributed by atoms with Crippen molar-refractivity contribution in [1.29, 1.82) is 0 Å². The molecule has 1 aromatic carbocycles. The van der Waals surface area contributed by atoms with Crippen molar-refractivity contribution < 1.29 is 14.7 Å². The van der Waals surface area contributed by atoms with E-state index in [4.69, 9.17) is 10.8 Å². The van der Waals surface area contributed by atoms with Crippen LogP contribution in [0, 0.1) is 0 Å². The number of carboxylic acid groups (broad SMARTS) is 1. The molecule has 0 saturated carbocycles. The van der Waals surface area contributed by atoms with E-state index in [0.717, 1.165) is 11.1 Å². The Bertz CT molecular complexity index is 373. The summed E-state index contributed by atoms with van der Waals surface area (Å²) in [4.78, 5) is 21.3. The highest BCUT2D eigenvalue weighted by atomic mass is 16.4. The minimum Gasteiger partial charge on any atom is -0.481 e. The van der Waals surface area contributed by atoms with E-state index in [0.29, 0.717) is 6.54 Å². The molecule has 0 heterocycles. The maximum atomic E-state index is 10.9. The minimum absolute atomic E-state index is 0.00936. The summed E-state index contributed by atoms with van der Waals surface area (Å²) in [7, 11) is 0. The molecule has 86 valence electrons. The summed E-state index contributed by atoms with van der Waals surface area (Å²) in [6, 6.07) is 7.04. The minimum atomic E-state index is -0.857. The molecule has 0 aliphatic rings. The summed E-state index contributed by atoms with van der Waals surface area (Å²) in [6.45, 7) is 0.375. The van der Waals surface area contributed by atoms with Crippen molar-refractivity contribution in [2.45, 2.75) is 13.0 Å². The van der Waals surface area contributed by atoms with Crippen molar-refractivity contribution in [2.24, 2.45) is 5.73 Å². The summed E-state index contributed by atoms with van der Waals surface area (Å²) in [6.07, 6.45) is 0.00936. The van der Waals surface area contributed by atoms with Crippen molar-refractivity contribution in [2.75, 3.05) is 6.54 Å². The van der Waals surface area contributed by atoms with Crippen molar-refractivity contribution >= 4 is 11.9 Å². The lowest BCUT2D eigenvalue weighted by Crippen LogP contribution is -2.29. The molecule has 0 aliphatic heterocycles. The molecule has 0 unspecified atom stereocenters. The first-order valence-corrected chi connectivity index (χ1v) is 4.88. The third-order valence-corrected chi connectivity index (χ3v) is 2.05. The van der Waals surface area contributed by atoms with Crippen molar-refractivity contribution in [3.63, 3.8) is 0 Å². The molecular weight excluding hydrogens is 208 g/mol. The van der Waals surface area contributed by atoms with Crippen LogP contribution in [0.15, 0.2) is 24.3 Å². The van der Waals surface area contributed by atoms with Crippen molar-refractivity contribution in [1.82, 2.24) is 5.32 Å². The molecule has 5 nitrogen and oxygen atoms in total.